The van der Waals surface area contributed by atoms with E-state index < -0.39 is 11.9 Å². The van der Waals surface area contributed by atoms with E-state index in [0.29, 0.717) is 12.2 Å². The summed E-state index contributed by atoms with van der Waals surface area (Å²) in [4.78, 5) is 14.5. The number of aromatic nitrogens is 3. The molecule has 0 aromatic carbocycles. The standard InChI is InChI=1S/C6H11N5O.2ClH/c1-11-5(9-3-10-11)2-4(7)6(8)12;;/h3-4H,2,7H2,1H3,(H2,8,12);2*1H. The molecule has 0 fully saturated rings. The van der Waals surface area contributed by atoms with E-state index in [-0.39, 0.29) is 24.8 Å². The van der Waals surface area contributed by atoms with Crippen LogP contribution >= 0.6 is 24.8 Å². The molecule has 0 aliphatic rings. The third-order valence-electron chi connectivity index (χ3n) is 1.57. The number of hydrogen-bond acceptors (Lipinski definition) is 4. The Hall–Kier alpha value is -0.850. The van der Waals surface area contributed by atoms with E-state index in [4.69, 9.17) is 11.5 Å². The second-order valence-corrected chi connectivity index (χ2v) is 2.51. The number of hydrogen-bond donors (Lipinski definition) is 2. The molecule has 1 amide bonds. The summed E-state index contributed by atoms with van der Waals surface area (Å²) in [5.41, 5.74) is 10.4. The molecule has 0 bridgehead atoms. The highest BCUT2D eigenvalue weighted by Crippen LogP contribution is 1.94. The number of rotatable bonds is 3. The van der Waals surface area contributed by atoms with Gasteiger partial charge in [-0.25, -0.2) is 4.98 Å². The van der Waals surface area contributed by atoms with Gasteiger partial charge in [-0.3, -0.25) is 9.48 Å². The minimum atomic E-state index is -0.687. The zero-order valence-electron chi connectivity index (χ0n) is 7.58. The Labute approximate surface area is 93.9 Å². The molecule has 0 aliphatic carbocycles. The zero-order chi connectivity index (χ0) is 9.14. The van der Waals surface area contributed by atoms with Crippen LogP contribution in [0.5, 0.6) is 0 Å². The van der Waals surface area contributed by atoms with Crippen molar-refractivity contribution in [2.75, 3.05) is 0 Å². The number of primary amides is 1. The van der Waals surface area contributed by atoms with Gasteiger partial charge in [0.25, 0.3) is 0 Å². The fraction of sp³-hybridized carbons (Fsp3) is 0.500. The van der Waals surface area contributed by atoms with Crippen LogP contribution in [-0.2, 0) is 18.3 Å². The fourth-order valence-corrected chi connectivity index (χ4v) is 0.802. The Morgan fingerprint density at radius 3 is 2.57 bits per heavy atom. The van der Waals surface area contributed by atoms with Crippen LogP contribution in [0.3, 0.4) is 0 Å². The lowest BCUT2D eigenvalue weighted by Crippen LogP contribution is -2.38. The van der Waals surface area contributed by atoms with Crippen molar-refractivity contribution in [3.63, 3.8) is 0 Å². The molecule has 82 valence electrons. The maximum atomic E-state index is 10.6. The van der Waals surface area contributed by atoms with Gasteiger partial charge in [-0.2, -0.15) is 5.10 Å². The predicted molar refractivity (Wildman–Crippen MR) is 56.4 cm³/mol. The number of nitrogens with zero attached hydrogens (tertiary/aromatic N) is 3. The Bertz CT molecular complexity index is 290. The van der Waals surface area contributed by atoms with Gasteiger partial charge in [0.1, 0.15) is 12.2 Å². The summed E-state index contributed by atoms with van der Waals surface area (Å²) in [6, 6.07) is -0.687. The van der Waals surface area contributed by atoms with Crippen molar-refractivity contribution in [1.82, 2.24) is 14.8 Å². The summed E-state index contributed by atoms with van der Waals surface area (Å²) >= 11 is 0. The maximum absolute atomic E-state index is 10.6. The SMILES string of the molecule is Cl.Cl.Cn1ncnc1CC(N)C(N)=O. The van der Waals surface area contributed by atoms with E-state index in [1.165, 1.54) is 6.33 Å². The molecule has 0 radical (unpaired) electrons. The first-order chi connectivity index (χ1) is 5.61. The van der Waals surface area contributed by atoms with Gasteiger partial charge in [0.15, 0.2) is 0 Å². The van der Waals surface area contributed by atoms with E-state index in [2.05, 4.69) is 10.1 Å². The van der Waals surface area contributed by atoms with E-state index >= 15 is 0 Å². The molecule has 0 saturated carbocycles. The molecule has 1 aromatic rings. The van der Waals surface area contributed by atoms with Gasteiger partial charge >= 0.3 is 0 Å². The second-order valence-electron chi connectivity index (χ2n) is 2.51. The largest absolute Gasteiger partial charge is 0.368 e. The molecule has 1 atom stereocenters. The fourth-order valence-electron chi connectivity index (χ4n) is 0.802. The minimum Gasteiger partial charge on any atom is -0.368 e. The quantitative estimate of drug-likeness (QED) is 0.710. The molecule has 0 spiro atoms. The predicted octanol–water partition coefficient (Wildman–Crippen LogP) is -0.986. The molecule has 1 heterocycles. The van der Waals surface area contributed by atoms with Crippen molar-refractivity contribution < 1.29 is 4.79 Å². The van der Waals surface area contributed by atoms with Gasteiger partial charge in [0.05, 0.1) is 6.04 Å². The molecule has 0 saturated heterocycles. The first-order valence-electron chi connectivity index (χ1n) is 3.49. The smallest absolute Gasteiger partial charge is 0.234 e. The highest BCUT2D eigenvalue weighted by Gasteiger charge is 2.12. The van der Waals surface area contributed by atoms with Gasteiger partial charge in [0.2, 0.25) is 5.91 Å². The number of carbonyl (C=O) groups is 1. The molecular formula is C6H13Cl2N5O. The van der Waals surface area contributed by atoms with Gasteiger partial charge in [-0.05, 0) is 0 Å². The summed E-state index contributed by atoms with van der Waals surface area (Å²) in [6.45, 7) is 0. The van der Waals surface area contributed by atoms with Crippen LogP contribution in [0, 0.1) is 0 Å². The van der Waals surface area contributed by atoms with Crippen LogP contribution in [0.4, 0.5) is 0 Å². The minimum absolute atomic E-state index is 0. The van der Waals surface area contributed by atoms with E-state index in [0.717, 1.165) is 0 Å². The summed E-state index contributed by atoms with van der Waals surface area (Å²) in [6.07, 6.45) is 1.73. The molecule has 4 N–H and O–H groups in total. The third-order valence-corrected chi connectivity index (χ3v) is 1.57. The van der Waals surface area contributed by atoms with Crippen LogP contribution < -0.4 is 11.5 Å². The van der Waals surface area contributed by atoms with Crippen LogP contribution in [0.15, 0.2) is 6.33 Å². The summed E-state index contributed by atoms with van der Waals surface area (Å²) in [5, 5.41) is 3.83. The molecule has 0 aliphatic heterocycles. The van der Waals surface area contributed by atoms with Crippen LogP contribution in [-0.4, -0.2) is 26.7 Å². The van der Waals surface area contributed by atoms with E-state index in [9.17, 15) is 4.79 Å². The molecular weight excluding hydrogens is 229 g/mol. The monoisotopic (exact) mass is 241 g/mol. The molecule has 8 heteroatoms. The summed E-state index contributed by atoms with van der Waals surface area (Å²) in [5.74, 6) is 0.124. The van der Waals surface area contributed by atoms with Crippen molar-refractivity contribution in [3.8, 4) is 0 Å². The number of carbonyl (C=O) groups excluding carboxylic acids is 1. The highest BCUT2D eigenvalue weighted by molar-refractivity contribution is 5.85. The molecule has 14 heavy (non-hydrogen) atoms. The number of halogens is 2. The first kappa shape index (κ1) is 15.6. The van der Waals surface area contributed by atoms with Gasteiger partial charge in [0, 0.05) is 13.5 Å². The lowest BCUT2D eigenvalue weighted by atomic mass is 10.2. The summed E-state index contributed by atoms with van der Waals surface area (Å²) < 4.78 is 1.56. The van der Waals surface area contributed by atoms with Crippen molar-refractivity contribution in [3.05, 3.63) is 12.2 Å². The maximum Gasteiger partial charge on any atom is 0.234 e. The normalized spacial score (nSPS) is 11.0. The van der Waals surface area contributed by atoms with Crippen molar-refractivity contribution in [1.29, 1.82) is 0 Å². The molecule has 6 nitrogen and oxygen atoms in total. The Morgan fingerprint density at radius 1 is 1.64 bits per heavy atom. The van der Waals surface area contributed by atoms with Gasteiger partial charge < -0.3 is 11.5 Å². The number of aryl methyl sites for hydroxylation is 1. The lowest BCUT2D eigenvalue weighted by Gasteiger charge is -2.05. The Kier molecular flexibility index (Phi) is 7.34. The topological polar surface area (TPSA) is 99.8 Å². The molecule has 1 unspecified atom stereocenters. The zero-order valence-corrected chi connectivity index (χ0v) is 9.22. The van der Waals surface area contributed by atoms with Gasteiger partial charge in [-0.15, -0.1) is 24.8 Å². The van der Waals surface area contributed by atoms with Crippen molar-refractivity contribution in [2.45, 2.75) is 12.5 Å². The average Bonchev–Trinajstić information content (AvgIpc) is 2.36. The number of amides is 1. The van der Waals surface area contributed by atoms with Gasteiger partial charge in [-0.1, -0.05) is 0 Å². The number of nitrogens with two attached hydrogens (primary N) is 2. The Morgan fingerprint density at radius 2 is 2.21 bits per heavy atom. The lowest BCUT2D eigenvalue weighted by molar-refractivity contribution is -0.119. The average molecular weight is 242 g/mol. The molecule has 1 aromatic heterocycles. The Balaban J connectivity index is 0. The van der Waals surface area contributed by atoms with E-state index in [1.54, 1.807) is 11.7 Å². The highest BCUT2D eigenvalue weighted by atomic mass is 35.5. The second kappa shape index (κ2) is 6.58. The third kappa shape index (κ3) is 3.91. The van der Waals surface area contributed by atoms with Crippen molar-refractivity contribution >= 4 is 30.7 Å². The molecule has 1 rings (SSSR count). The summed E-state index contributed by atoms with van der Waals surface area (Å²) in [7, 11) is 1.73. The van der Waals surface area contributed by atoms with Crippen molar-refractivity contribution in [2.24, 2.45) is 18.5 Å². The van der Waals surface area contributed by atoms with Crippen LogP contribution in [0.1, 0.15) is 5.82 Å². The van der Waals surface area contributed by atoms with Crippen LogP contribution in [0.25, 0.3) is 0 Å². The van der Waals surface area contributed by atoms with Crippen LogP contribution in [0.2, 0.25) is 0 Å². The first-order valence-corrected chi connectivity index (χ1v) is 3.49. The van der Waals surface area contributed by atoms with E-state index in [1.807, 2.05) is 0 Å².